The molecule has 1 aliphatic carbocycles. The van der Waals surface area contributed by atoms with Crippen LogP contribution in [0.25, 0.3) is 0 Å². The molecule has 1 amide bonds. The van der Waals surface area contributed by atoms with E-state index in [2.05, 4.69) is 10.5 Å². The van der Waals surface area contributed by atoms with Gasteiger partial charge in [-0.05, 0) is 49.4 Å². The van der Waals surface area contributed by atoms with Gasteiger partial charge in [0.15, 0.2) is 11.6 Å². The lowest BCUT2D eigenvalue weighted by Crippen LogP contribution is -2.42. The van der Waals surface area contributed by atoms with Gasteiger partial charge in [0.1, 0.15) is 11.9 Å². The summed E-state index contributed by atoms with van der Waals surface area (Å²) in [5.41, 5.74) is -1.95. The van der Waals surface area contributed by atoms with Gasteiger partial charge in [0.05, 0.1) is 26.2 Å². The number of hydrogen-bond donors (Lipinski definition) is 1. The average Bonchev–Trinajstić information content (AvgIpc) is 3.54. The van der Waals surface area contributed by atoms with Crippen LogP contribution in [0.1, 0.15) is 63.8 Å². The van der Waals surface area contributed by atoms with Gasteiger partial charge in [-0.3, -0.25) is 9.59 Å². The molecule has 13 heteroatoms. The summed E-state index contributed by atoms with van der Waals surface area (Å²) in [5, 5.41) is 4.99. The molecule has 2 aromatic rings. The molecule has 37 heavy (non-hydrogen) atoms. The van der Waals surface area contributed by atoms with Crippen molar-refractivity contribution >= 4 is 51.9 Å². The molecule has 1 aliphatic heterocycles. The summed E-state index contributed by atoms with van der Waals surface area (Å²) in [6, 6.07) is 1.63. The lowest BCUT2D eigenvalue weighted by molar-refractivity contribution is -0.275. The number of carbonyl (C=O) groups excluding carboxylic acids is 2. The Morgan fingerprint density at radius 1 is 1.19 bits per heavy atom. The Bertz CT molecular complexity index is 1250. The van der Waals surface area contributed by atoms with E-state index < -0.39 is 51.7 Å². The van der Waals surface area contributed by atoms with E-state index in [0.29, 0.717) is 29.0 Å². The fraction of sp³-hybridized carbons (Fsp3) is 0.458. The van der Waals surface area contributed by atoms with Crippen molar-refractivity contribution in [2.75, 3.05) is 6.54 Å². The minimum atomic E-state index is -4.95. The third kappa shape index (κ3) is 5.35. The number of halogens is 7. The van der Waals surface area contributed by atoms with Gasteiger partial charge in [-0.1, -0.05) is 28.4 Å². The summed E-state index contributed by atoms with van der Waals surface area (Å²) in [4.78, 5) is 30.6. The van der Waals surface area contributed by atoms with Gasteiger partial charge < -0.3 is 10.2 Å². The molecule has 1 aromatic heterocycles. The van der Waals surface area contributed by atoms with Crippen molar-refractivity contribution in [3.05, 3.63) is 54.4 Å². The van der Waals surface area contributed by atoms with Gasteiger partial charge in [-0.25, -0.2) is 8.78 Å². The van der Waals surface area contributed by atoms with Crippen molar-refractivity contribution in [3.8, 4) is 0 Å². The Balaban J connectivity index is 1.60. The van der Waals surface area contributed by atoms with Crippen LogP contribution in [0, 0.1) is 5.82 Å². The number of amides is 1. The zero-order valence-electron chi connectivity index (χ0n) is 19.4. The molecule has 5 nitrogen and oxygen atoms in total. The van der Waals surface area contributed by atoms with E-state index in [-0.39, 0.29) is 30.9 Å². The minimum absolute atomic E-state index is 0.00534. The number of nitrogens with zero attached hydrogens (tertiary/aromatic N) is 1. The van der Waals surface area contributed by atoms with Crippen LogP contribution in [-0.2, 0) is 28.1 Å². The number of Topliss-reactive ketones (excluding diaryl/α,β-unsaturated/α-hetero) is 1. The van der Waals surface area contributed by atoms with Crippen LogP contribution in [0.15, 0.2) is 17.3 Å². The van der Waals surface area contributed by atoms with Gasteiger partial charge in [-0.2, -0.15) is 13.2 Å². The molecule has 2 unspecified atom stereocenters. The standard InChI is InChI=1S/C24H21Cl2F5N2O3S/c1-11(27)10-32-19(35)6-5-18(34)22-14-4-2-3-13(14)21(37-22)17-9-23(36-33-17,24(29,30)31)12-7-15(25)20(28)16(26)8-12/h7-8,11H,2-6,9-10H2,1H3,(H,32,35). The van der Waals surface area contributed by atoms with Crippen LogP contribution < -0.4 is 5.32 Å². The van der Waals surface area contributed by atoms with Crippen LogP contribution in [-0.4, -0.2) is 36.3 Å². The summed E-state index contributed by atoms with van der Waals surface area (Å²) in [6.07, 6.45) is -5.33. The van der Waals surface area contributed by atoms with Crippen LogP contribution in [0.5, 0.6) is 0 Å². The summed E-state index contributed by atoms with van der Waals surface area (Å²) < 4.78 is 69.9. The van der Waals surface area contributed by atoms with E-state index in [1.165, 1.54) is 6.92 Å². The molecule has 0 fully saturated rings. The molecule has 0 spiro atoms. The normalized spacial score (nSPS) is 19.8. The van der Waals surface area contributed by atoms with Crippen LogP contribution >= 0.6 is 34.5 Å². The smallest absolute Gasteiger partial charge is 0.374 e. The number of carbonyl (C=O) groups is 2. The molecule has 1 aromatic carbocycles. The third-order valence-electron chi connectivity index (χ3n) is 6.28. The van der Waals surface area contributed by atoms with E-state index in [4.69, 9.17) is 28.0 Å². The quantitative estimate of drug-likeness (QED) is 0.214. The van der Waals surface area contributed by atoms with E-state index in [1.807, 2.05) is 0 Å². The largest absolute Gasteiger partial charge is 0.435 e. The Morgan fingerprint density at radius 2 is 1.84 bits per heavy atom. The predicted molar refractivity (Wildman–Crippen MR) is 130 cm³/mol. The van der Waals surface area contributed by atoms with E-state index in [9.17, 15) is 31.5 Å². The van der Waals surface area contributed by atoms with Crippen molar-refractivity contribution < 1.29 is 36.4 Å². The molecule has 1 N–H and O–H groups in total. The maximum absolute atomic E-state index is 14.4. The number of rotatable bonds is 8. The monoisotopic (exact) mass is 582 g/mol. The van der Waals surface area contributed by atoms with Crippen molar-refractivity contribution in [3.63, 3.8) is 0 Å². The Labute approximate surface area is 222 Å². The number of ketones is 1. The SMILES string of the molecule is CC(F)CNC(=O)CCC(=O)c1sc(C2=NOC(c3cc(Cl)c(F)c(Cl)c3)(C(F)(F)F)C2)c2c1CCC2. The molecule has 0 radical (unpaired) electrons. The van der Waals surface area contributed by atoms with Crippen molar-refractivity contribution in [2.45, 2.75) is 63.4 Å². The number of hydrogen-bond acceptors (Lipinski definition) is 5. The highest BCUT2D eigenvalue weighted by Gasteiger charge is 2.63. The highest BCUT2D eigenvalue weighted by atomic mass is 35.5. The number of alkyl halides is 4. The number of fused-ring (bicyclic) bond motifs is 1. The highest BCUT2D eigenvalue weighted by Crippen LogP contribution is 2.51. The average molecular weight is 583 g/mol. The number of benzene rings is 1. The highest BCUT2D eigenvalue weighted by molar-refractivity contribution is 7.16. The van der Waals surface area contributed by atoms with Crippen molar-refractivity contribution in [1.29, 1.82) is 0 Å². The second-order valence-electron chi connectivity index (χ2n) is 8.96. The Morgan fingerprint density at radius 3 is 2.46 bits per heavy atom. The van der Waals surface area contributed by atoms with Crippen molar-refractivity contribution in [1.82, 2.24) is 5.32 Å². The Kier molecular flexibility index (Phi) is 7.88. The zero-order valence-corrected chi connectivity index (χ0v) is 21.7. The first-order valence-electron chi connectivity index (χ1n) is 11.4. The summed E-state index contributed by atoms with van der Waals surface area (Å²) >= 11 is 12.5. The summed E-state index contributed by atoms with van der Waals surface area (Å²) in [7, 11) is 0. The molecule has 2 heterocycles. The molecule has 0 saturated heterocycles. The summed E-state index contributed by atoms with van der Waals surface area (Å²) in [5.74, 6) is -1.83. The number of nitrogens with one attached hydrogen (secondary N) is 1. The first-order chi connectivity index (χ1) is 17.3. The topological polar surface area (TPSA) is 67.8 Å². The Hall–Kier alpha value is -2.24. The van der Waals surface area contributed by atoms with E-state index in [1.54, 1.807) is 0 Å². The molecular weight excluding hydrogens is 562 g/mol. The molecule has 200 valence electrons. The third-order valence-corrected chi connectivity index (χ3v) is 8.20. The maximum atomic E-state index is 14.4. The van der Waals surface area contributed by atoms with Gasteiger partial charge in [-0.15, -0.1) is 11.3 Å². The lowest BCUT2D eigenvalue weighted by Gasteiger charge is -2.29. The second kappa shape index (κ2) is 10.5. The molecule has 0 bridgehead atoms. The number of thiophene rings is 1. The number of oxime groups is 1. The first kappa shape index (κ1) is 27.8. The second-order valence-corrected chi connectivity index (χ2v) is 10.8. The summed E-state index contributed by atoms with van der Waals surface area (Å²) in [6.45, 7) is 1.14. The maximum Gasteiger partial charge on any atom is 0.435 e. The lowest BCUT2D eigenvalue weighted by atomic mass is 9.87. The van der Waals surface area contributed by atoms with Crippen molar-refractivity contribution in [2.24, 2.45) is 5.16 Å². The van der Waals surface area contributed by atoms with Gasteiger partial charge >= 0.3 is 6.18 Å². The molecular formula is C24H21Cl2F5N2O3S. The van der Waals surface area contributed by atoms with E-state index in [0.717, 1.165) is 34.6 Å². The molecule has 4 rings (SSSR count). The van der Waals surface area contributed by atoms with E-state index >= 15 is 0 Å². The molecule has 2 atom stereocenters. The molecule has 0 saturated carbocycles. The first-order valence-corrected chi connectivity index (χ1v) is 13.0. The van der Waals surface area contributed by atoms with Crippen LogP contribution in [0.4, 0.5) is 22.0 Å². The van der Waals surface area contributed by atoms with Gasteiger partial charge in [0.25, 0.3) is 5.60 Å². The van der Waals surface area contributed by atoms with Crippen LogP contribution in [0.2, 0.25) is 10.0 Å². The predicted octanol–water partition coefficient (Wildman–Crippen LogP) is 6.70. The zero-order chi connectivity index (χ0) is 27.1. The van der Waals surface area contributed by atoms with Crippen LogP contribution in [0.3, 0.4) is 0 Å². The van der Waals surface area contributed by atoms with Gasteiger partial charge in [0, 0.05) is 24.9 Å². The molecule has 2 aliphatic rings. The van der Waals surface area contributed by atoms with Gasteiger partial charge in [0.2, 0.25) is 5.91 Å². The fourth-order valence-corrected chi connectivity index (χ4v) is 6.26. The minimum Gasteiger partial charge on any atom is -0.374 e. The fourth-order valence-electron chi connectivity index (χ4n) is 4.43.